The largest absolute Gasteiger partial charge is 0.331 e. The van der Waals surface area contributed by atoms with Crippen molar-refractivity contribution in [1.29, 1.82) is 0 Å². The number of hydrogen-bond donors (Lipinski definition) is 0. The number of hydrogen-bond acceptors (Lipinski definition) is 2. The van der Waals surface area contributed by atoms with Crippen LogP contribution in [0.15, 0.2) is 42.5 Å². The average molecular weight is 430 g/mol. The van der Waals surface area contributed by atoms with Crippen LogP contribution in [-0.4, -0.2) is 26.9 Å². The SMILES string of the molecule is CCCCn1c(CN(CCC(C)C)C(=O)c2ccc(F)c(Cl)c2)nc2ccccc21. The third-order valence-corrected chi connectivity index (χ3v) is 5.52. The minimum Gasteiger partial charge on any atom is -0.331 e. The molecule has 0 spiro atoms. The van der Waals surface area contributed by atoms with Gasteiger partial charge in [-0.2, -0.15) is 0 Å². The smallest absolute Gasteiger partial charge is 0.254 e. The number of aromatic nitrogens is 2. The van der Waals surface area contributed by atoms with Gasteiger partial charge in [0, 0.05) is 18.7 Å². The van der Waals surface area contributed by atoms with Crippen LogP contribution >= 0.6 is 11.6 Å². The van der Waals surface area contributed by atoms with Crippen molar-refractivity contribution in [1.82, 2.24) is 14.5 Å². The molecular formula is C24H29ClFN3O. The molecule has 4 nitrogen and oxygen atoms in total. The van der Waals surface area contributed by atoms with Crippen molar-refractivity contribution in [2.75, 3.05) is 6.54 Å². The fraction of sp³-hybridized carbons (Fsp3) is 0.417. The van der Waals surface area contributed by atoms with Crippen LogP contribution in [0.1, 0.15) is 56.2 Å². The van der Waals surface area contributed by atoms with Crippen LogP contribution < -0.4 is 0 Å². The van der Waals surface area contributed by atoms with E-state index < -0.39 is 5.82 Å². The summed E-state index contributed by atoms with van der Waals surface area (Å²) < 4.78 is 15.8. The summed E-state index contributed by atoms with van der Waals surface area (Å²) in [6.45, 7) is 8.29. The molecule has 0 aliphatic heterocycles. The summed E-state index contributed by atoms with van der Waals surface area (Å²) in [5.74, 6) is 0.640. The zero-order valence-electron chi connectivity index (χ0n) is 17.9. The number of amides is 1. The molecule has 1 heterocycles. The molecule has 3 aromatic rings. The molecule has 0 aliphatic rings. The lowest BCUT2D eigenvalue weighted by Crippen LogP contribution is -2.33. The maximum absolute atomic E-state index is 13.6. The Balaban J connectivity index is 1.94. The number of rotatable bonds is 9. The van der Waals surface area contributed by atoms with Gasteiger partial charge < -0.3 is 9.47 Å². The maximum Gasteiger partial charge on any atom is 0.254 e. The minimum absolute atomic E-state index is 0.0418. The van der Waals surface area contributed by atoms with Crippen molar-refractivity contribution in [3.63, 3.8) is 0 Å². The van der Waals surface area contributed by atoms with E-state index in [9.17, 15) is 9.18 Å². The van der Waals surface area contributed by atoms with Crippen LogP contribution in [0.3, 0.4) is 0 Å². The van der Waals surface area contributed by atoms with Crippen molar-refractivity contribution in [2.24, 2.45) is 5.92 Å². The fourth-order valence-corrected chi connectivity index (χ4v) is 3.64. The van der Waals surface area contributed by atoms with Gasteiger partial charge in [-0.05, 0) is 49.1 Å². The Kier molecular flexibility index (Phi) is 7.48. The normalized spacial score (nSPS) is 11.4. The summed E-state index contributed by atoms with van der Waals surface area (Å²) in [5, 5.41) is -0.0418. The summed E-state index contributed by atoms with van der Waals surface area (Å²) in [7, 11) is 0. The highest BCUT2D eigenvalue weighted by Crippen LogP contribution is 2.22. The molecule has 3 rings (SSSR count). The molecule has 0 fully saturated rings. The van der Waals surface area contributed by atoms with Crippen LogP contribution in [0.2, 0.25) is 5.02 Å². The van der Waals surface area contributed by atoms with Crippen molar-refractivity contribution >= 4 is 28.5 Å². The topological polar surface area (TPSA) is 38.1 Å². The lowest BCUT2D eigenvalue weighted by atomic mass is 10.1. The first-order valence-electron chi connectivity index (χ1n) is 10.6. The van der Waals surface area contributed by atoms with E-state index in [0.717, 1.165) is 42.7 Å². The Labute approximate surface area is 182 Å². The molecule has 0 bridgehead atoms. The van der Waals surface area contributed by atoms with Crippen molar-refractivity contribution < 1.29 is 9.18 Å². The lowest BCUT2D eigenvalue weighted by molar-refractivity contribution is 0.0729. The van der Waals surface area contributed by atoms with Gasteiger partial charge in [-0.3, -0.25) is 4.79 Å². The first-order valence-corrected chi connectivity index (χ1v) is 11.0. The standard InChI is InChI=1S/C24H29ClFN3O/c1-4-5-13-29-22-9-7-6-8-21(22)27-23(29)16-28(14-12-17(2)3)24(30)18-10-11-20(26)19(25)15-18/h6-11,15,17H,4-5,12-14,16H2,1-3H3. The molecule has 0 N–H and O–H groups in total. The lowest BCUT2D eigenvalue weighted by Gasteiger charge is -2.24. The second kappa shape index (κ2) is 10.1. The molecule has 160 valence electrons. The van der Waals surface area contributed by atoms with Gasteiger partial charge in [-0.25, -0.2) is 9.37 Å². The number of imidazole rings is 1. The van der Waals surface area contributed by atoms with Crippen LogP contribution in [0.5, 0.6) is 0 Å². The van der Waals surface area contributed by atoms with Crippen LogP contribution in [0.4, 0.5) is 4.39 Å². The maximum atomic E-state index is 13.6. The van der Waals surface area contributed by atoms with Crippen LogP contribution in [0.25, 0.3) is 11.0 Å². The highest BCUT2D eigenvalue weighted by molar-refractivity contribution is 6.31. The number of aryl methyl sites for hydroxylation is 1. The molecule has 2 aromatic carbocycles. The predicted octanol–water partition coefficient (Wildman–Crippen LogP) is 6.32. The van der Waals surface area contributed by atoms with Crippen LogP contribution in [0, 0.1) is 11.7 Å². The van der Waals surface area contributed by atoms with Gasteiger partial charge in [-0.15, -0.1) is 0 Å². The summed E-state index contributed by atoms with van der Waals surface area (Å²) >= 11 is 5.92. The monoisotopic (exact) mass is 429 g/mol. The van der Waals surface area contributed by atoms with E-state index in [-0.39, 0.29) is 10.9 Å². The zero-order valence-corrected chi connectivity index (χ0v) is 18.6. The first kappa shape index (κ1) is 22.3. The van der Waals surface area contributed by atoms with E-state index in [1.54, 1.807) is 4.90 Å². The van der Waals surface area contributed by atoms with Gasteiger partial charge in [0.05, 0.1) is 22.6 Å². The minimum atomic E-state index is -0.525. The molecule has 1 aromatic heterocycles. The Morgan fingerprint density at radius 2 is 2.00 bits per heavy atom. The molecule has 1 amide bonds. The van der Waals surface area contributed by atoms with E-state index in [0.29, 0.717) is 24.6 Å². The van der Waals surface area contributed by atoms with E-state index in [4.69, 9.17) is 16.6 Å². The molecule has 0 saturated carbocycles. The van der Waals surface area contributed by atoms with E-state index >= 15 is 0 Å². The van der Waals surface area contributed by atoms with Crippen molar-refractivity contribution in [3.05, 3.63) is 64.7 Å². The average Bonchev–Trinajstić information content (AvgIpc) is 3.07. The van der Waals surface area contributed by atoms with Gasteiger partial charge in [0.1, 0.15) is 11.6 Å². The molecular weight excluding hydrogens is 401 g/mol. The summed E-state index contributed by atoms with van der Waals surface area (Å²) in [6, 6.07) is 12.2. The first-order chi connectivity index (χ1) is 14.4. The number of halogens is 2. The molecule has 6 heteroatoms. The van der Waals surface area contributed by atoms with Gasteiger partial charge in [-0.1, -0.05) is 50.9 Å². The second-order valence-corrected chi connectivity index (χ2v) is 8.47. The molecule has 0 saturated heterocycles. The Morgan fingerprint density at radius 3 is 2.70 bits per heavy atom. The van der Waals surface area contributed by atoms with Crippen molar-refractivity contribution in [2.45, 2.75) is 53.1 Å². The van der Waals surface area contributed by atoms with E-state index in [1.807, 2.05) is 18.2 Å². The number of carbonyl (C=O) groups is 1. The van der Waals surface area contributed by atoms with Gasteiger partial charge >= 0.3 is 0 Å². The highest BCUT2D eigenvalue weighted by atomic mass is 35.5. The third kappa shape index (κ3) is 5.20. The molecule has 0 unspecified atom stereocenters. The quantitative estimate of drug-likeness (QED) is 0.399. The number of para-hydroxylation sites is 2. The van der Waals surface area contributed by atoms with Gasteiger partial charge in [0.15, 0.2) is 0 Å². The van der Waals surface area contributed by atoms with E-state index in [1.165, 1.54) is 18.2 Å². The molecule has 0 radical (unpaired) electrons. The number of nitrogens with zero attached hydrogens (tertiary/aromatic N) is 3. The fourth-order valence-electron chi connectivity index (χ4n) is 3.46. The van der Waals surface area contributed by atoms with Crippen LogP contribution in [-0.2, 0) is 13.1 Å². The molecule has 30 heavy (non-hydrogen) atoms. The summed E-state index contributed by atoms with van der Waals surface area (Å²) in [6.07, 6.45) is 2.99. The number of benzene rings is 2. The van der Waals surface area contributed by atoms with E-state index in [2.05, 4.69) is 31.4 Å². The molecule has 0 atom stereocenters. The second-order valence-electron chi connectivity index (χ2n) is 8.06. The zero-order chi connectivity index (χ0) is 21.7. The molecule has 0 aliphatic carbocycles. The summed E-state index contributed by atoms with van der Waals surface area (Å²) in [4.78, 5) is 19.9. The number of carbonyl (C=O) groups excluding carboxylic acids is 1. The number of fused-ring (bicyclic) bond motifs is 1. The van der Waals surface area contributed by atoms with Gasteiger partial charge in [0.2, 0.25) is 0 Å². The Morgan fingerprint density at radius 1 is 1.23 bits per heavy atom. The van der Waals surface area contributed by atoms with Gasteiger partial charge in [0.25, 0.3) is 5.91 Å². The Bertz CT molecular complexity index is 1010. The van der Waals surface area contributed by atoms with Crippen molar-refractivity contribution in [3.8, 4) is 0 Å². The predicted molar refractivity (Wildman–Crippen MR) is 120 cm³/mol. The highest BCUT2D eigenvalue weighted by Gasteiger charge is 2.21. The summed E-state index contributed by atoms with van der Waals surface area (Å²) in [5.41, 5.74) is 2.41. The Hall–Kier alpha value is -2.40. The number of unbranched alkanes of at least 4 members (excludes halogenated alkanes) is 1. The third-order valence-electron chi connectivity index (χ3n) is 5.23.